The monoisotopic (exact) mass is 251 g/mol. The zero-order chi connectivity index (χ0) is 13.1. The molecule has 0 spiro atoms. The average molecular weight is 251 g/mol. The maximum Gasteiger partial charge on any atom is 0.401 e. The summed E-state index contributed by atoms with van der Waals surface area (Å²) in [4.78, 5) is 0. The van der Waals surface area contributed by atoms with Crippen molar-refractivity contribution in [1.82, 2.24) is 0 Å². The van der Waals surface area contributed by atoms with Gasteiger partial charge in [0.2, 0.25) is 0 Å². The molecule has 2 N–H and O–H groups in total. The van der Waals surface area contributed by atoms with Crippen LogP contribution in [-0.4, -0.2) is 18.4 Å². The molecule has 0 aliphatic heterocycles. The Bertz CT molecular complexity index is 193. The van der Waals surface area contributed by atoms with Crippen molar-refractivity contribution in [3.63, 3.8) is 0 Å². The van der Waals surface area contributed by atoms with Crippen LogP contribution in [0.25, 0.3) is 0 Å². The molecule has 0 aliphatic carbocycles. The summed E-state index contributed by atoms with van der Waals surface area (Å²) >= 11 is 0. The Labute approximate surface area is 90.0 Å². The number of rotatable bonds is 4. The molecule has 7 heteroatoms. The second-order valence-electron chi connectivity index (χ2n) is 4.20. The van der Waals surface area contributed by atoms with Crippen molar-refractivity contribution in [1.29, 1.82) is 0 Å². The van der Waals surface area contributed by atoms with Crippen molar-refractivity contribution < 1.29 is 26.3 Å². The van der Waals surface area contributed by atoms with Gasteiger partial charge in [0, 0.05) is 6.04 Å². The largest absolute Gasteiger partial charge is 0.401 e. The molecule has 16 heavy (non-hydrogen) atoms. The molecule has 0 aromatic rings. The first-order valence-electron chi connectivity index (χ1n) is 4.85. The highest BCUT2D eigenvalue weighted by Crippen LogP contribution is 2.41. The van der Waals surface area contributed by atoms with Crippen molar-refractivity contribution in [3.05, 3.63) is 0 Å². The van der Waals surface area contributed by atoms with Crippen LogP contribution in [0.4, 0.5) is 26.3 Å². The van der Waals surface area contributed by atoms with E-state index in [9.17, 15) is 26.3 Å². The minimum atomic E-state index is -5.34. The van der Waals surface area contributed by atoms with Gasteiger partial charge in [-0.2, -0.15) is 26.3 Å². The maximum atomic E-state index is 12.2. The predicted octanol–water partition coefficient (Wildman–Crippen LogP) is 3.49. The van der Waals surface area contributed by atoms with Gasteiger partial charge in [-0.05, 0) is 18.8 Å². The normalized spacial score (nSPS) is 15.9. The van der Waals surface area contributed by atoms with E-state index in [4.69, 9.17) is 5.73 Å². The predicted molar refractivity (Wildman–Crippen MR) is 47.6 cm³/mol. The fraction of sp³-hybridized carbons (Fsp3) is 1.00. The van der Waals surface area contributed by atoms with E-state index in [0.717, 1.165) is 0 Å². The van der Waals surface area contributed by atoms with Crippen LogP contribution in [0.1, 0.15) is 26.7 Å². The number of hydrogen-bond acceptors (Lipinski definition) is 1. The van der Waals surface area contributed by atoms with E-state index < -0.39 is 24.3 Å². The van der Waals surface area contributed by atoms with Gasteiger partial charge < -0.3 is 5.73 Å². The van der Waals surface area contributed by atoms with Gasteiger partial charge in [-0.15, -0.1) is 0 Å². The smallest absolute Gasteiger partial charge is 0.327 e. The lowest BCUT2D eigenvalue weighted by molar-refractivity contribution is -0.289. The highest BCUT2D eigenvalue weighted by Gasteiger charge is 2.59. The highest BCUT2D eigenvalue weighted by atomic mass is 19.4. The maximum absolute atomic E-state index is 12.2. The van der Waals surface area contributed by atoms with E-state index in [-0.39, 0.29) is 18.8 Å². The molecule has 0 radical (unpaired) electrons. The molecule has 1 unspecified atom stereocenters. The van der Waals surface area contributed by atoms with Gasteiger partial charge >= 0.3 is 12.4 Å². The molecule has 1 atom stereocenters. The Kier molecular flexibility index (Phi) is 5.10. The molecule has 0 aliphatic rings. The molecule has 0 aromatic carbocycles. The van der Waals surface area contributed by atoms with Crippen LogP contribution in [0.5, 0.6) is 0 Å². The lowest BCUT2D eigenvalue weighted by Crippen LogP contribution is -2.48. The highest BCUT2D eigenvalue weighted by molar-refractivity contribution is 4.85. The van der Waals surface area contributed by atoms with E-state index in [1.807, 2.05) is 0 Å². The number of alkyl halides is 6. The molecule has 0 aromatic heterocycles. The first-order valence-corrected chi connectivity index (χ1v) is 4.85. The Hall–Kier alpha value is -0.460. The summed E-state index contributed by atoms with van der Waals surface area (Å²) in [5, 5.41) is 0. The molecule has 0 saturated heterocycles. The van der Waals surface area contributed by atoms with Crippen LogP contribution in [0, 0.1) is 11.8 Å². The number of nitrogens with two attached hydrogens (primary N) is 1. The zero-order valence-corrected chi connectivity index (χ0v) is 8.99. The Morgan fingerprint density at radius 3 is 1.50 bits per heavy atom. The van der Waals surface area contributed by atoms with E-state index in [0.29, 0.717) is 0 Å². The Balaban J connectivity index is 4.66. The number of halogens is 6. The van der Waals surface area contributed by atoms with Gasteiger partial charge in [-0.25, -0.2) is 0 Å². The molecule has 0 amide bonds. The topological polar surface area (TPSA) is 26.0 Å². The van der Waals surface area contributed by atoms with Gasteiger partial charge in [0.1, 0.15) is 0 Å². The minimum Gasteiger partial charge on any atom is -0.327 e. The van der Waals surface area contributed by atoms with Crippen LogP contribution in [0.2, 0.25) is 0 Å². The van der Waals surface area contributed by atoms with E-state index in [1.54, 1.807) is 13.8 Å². The molecule has 0 saturated carbocycles. The summed E-state index contributed by atoms with van der Waals surface area (Å²) in [5.74, 6) is -3.41. The van der Waals surface area contributed by atoms with Crippen molar-refractivity contribution >= 4 is 0 Å². The van der Waals surface area contributed by atoms with Gasteiger partial charge in [-0.1, -0.05) is 13.8 Å². The standard InChI is InChI=1S/C9H15F6N/c1-5(2)3-4-6(16)7(8(10,11)12)9(13,14)15/h5-7H,3-4,16H2,1-2H3. The third kappa shape index (κ3) is 5.05. The molecule has 98 valence electrons. The van der Waals surface area contributed by atoms with Gasteiger partial charge in [0.15, 0.2) is 5.92 Å². The van der Waals surface area contributed by atoms with Crippen LogP contribution in [-0.2, 0) is 0 Å². The lowest BCUT2D eigenvalue weighted by atomic mass is 9.92. The first kappa shape index (κ1) is 15.5. The second kappa shape index (κ2) is 5.25. The second-order valence-corrected chi connectivity index (χ2v) is 4.20. The zero-order valence-electron chi connectivity index (χ0n) is 8.99. The van der Waals surface area contributed by atoms with E-state index in [1.165, 1.54) is 0 Å². The van der Waals surface area contributed by atoms with Gasteiger partial charge in [0.05, 0.1) is 0 Å². The summed E-state index contributed by atoms with van der Waals surface area (Å²) in [6.07, 6.45) is -10.7. The van der Waals surface area contributed by atoms with Crippen LogP contribution < -0.4 is 5.73 Å². The fourth-order valence-electron chi connectivity index (χ4n) is 1.36. The molecule has 0 heterocycles. The van der Waals surface area contributed by atoms with Crippen LogP contribution >= 0.6 is 0 Å². The quantitative estimate of drug-likeness (QED) is 0.760. The Morgan fingerprint density at radius 2 is 1.25 bits per heavy atom. The molecular weight excluding hydrogens is 236 g/mol. The van der Waals surface area contributed by atoms with Crippen molar-refractivity contribution in [3.8, 4) is 0 Å². The summed E-state index contributed by atoms with van der Waals surface area (Å²) in [6.45, 7) is 3.42. The van der Waals surface area contributed by atoms with Crippen molar-refractivity contribution in [2.45, 2.75) is 45.1 Å². The van der Waals surface area contributed by atoms with Crippen molar-refractivity contribution in [2.24, 2.45) is 17.6 Å². The molecule has 0 fully saturated rings. The lowest BCUT2D eigenvalue weighted by Gasteiger charge is -2.28. The first-order chi connectivity index (χ1) is 6.96. The SMILES string of the molecule is CC(C)CCC(N)C(C(F)(F)F)C(F)(F)F. The third-order valence-corrected chi connectivity index (χ3v) is 2.21. The Morgan fingerprint density at radius 1 is 0.875 bits per heavy atom. The molecule has 1 nitrogen and oxygen atoms in total. The third-order valence-electron chi connectivity index (χ3n) is 2.21. The van der Waals surface area contributed by atoms with Crippen LogP contribution in [0.15, 0.2) is 0 Å². The van der Waals surface area contributed by atoms with Crippen molar-refractivity contribution in [2.75, 3.05) is 0 Å². The average Bonchev–Trinajstić information content (AvgIpc) is 1.94. The van der Waals surface area contributed by atoms with E-state index >= 15 is 0 Å². The molecule has 0 bridgehead atoms. The number of hydrogen-bond donors (Lipinski definition) is 1. The van der Waals surface area contributed by atoms with Crippen LogP contribution in [0.3, 0.4) is 0 Å². The van der Waals surface area contributed by atoms with Gasteiger partial charge in [-0.3, -0.25) is 0 Å². The van der Waals surface area contributed by atoms with Gasteiger partial charge in [0.25, 0.3) is 0 Å². The summed E-state index contributed by atoms with van der Waals surface area (Å²) < 4.78 is 73.1. The minimum absolute atomic E-state index is 0.0215. The molecule has 0 rings (SSSR count). The summed E-state index contributed by atoms with van der Waals surface area (Å²) in [6, 6.07) is -1.93. The summed E-state index contributed by atoms with van der Waals surface area (Å²) in [7, 11) is 0. The summed E-state index contributed by atoms with van der Waals surface area (Å²) in [5.41, 5.74) is 5.00. The fourth-order valence-corrected chi connectivity index (χ4v) is 1.36. The van der Waals surface area contributed by atoms with E-state index in [2.05, 4.69) is 0 Å². The molecular formula is C9H15F6N.